The van der Waals surface area contributed by atoms with Gasteiger partial charge >= 0.3 is 0 Å². The van der Waals surface area contributed by atoms with Crippen LogP contribution in [0, 0.1) is 0 Å². The minimum Gasteiger partial charge on any atom is -0.268 e. The van der Waals surface area contributed by atoms with Gasteiger partial charge in [0.15, 0.2) is 0 Å². The Morgan fingerprint density at radius 3 is 2.20 bits per heavy atom. The van der Waals surface area contributed by atoms with Crippen molar-refractivity contribution < 1.29 is 9.59 Å². The number of halogens is 4. The van der Waals surface area contributed by atoms with E-state index in [1.165, 1.54) is 0 Å². The zero-order chi connectivity index (χ0) is 18.1. The van der Waals surface area contributed by atoms with E-state index in [0.29, 0.717) is 36.1 Å². The summed E-state index contributed by atoms with van der Waals surface area (Å²) >= 11 is 24.8. The van der Waals surface area contributed by atoms with Crippen molar-refractivity contribution in [2.75, 3.05) is 0 Å². The maximum absolute atomic E-state index is 12.6. The Kier molecular flexibility index (Phi) is 5.66. The number of carbonyl (C=O) groups excluding carboxylic acids is 2. The minimum absolute atomic E-state index is 0.0758. The number of imide groups is 1. The summed E-state index contributed by atoms with van der Waals surface area (Å²) < 4.78 is 0. The normalized spacial score (nSPS) is 16.2. The van der Waals surface area contributed by atoms with Crippen LogP contribution in [0.5, 0.6) is 0 Å². The molecule has 2 aromatic carbocycles. The van der Waals surface area contributed by atoms with Crippen LogP contribution in [0.25, 0.3) is 6.08 Å². The van der Waals surface area contributed by atoms with Crippen molar-refractivity contribution in [3.8, 4) is 0 Å². The second-order valence-electron chi connectivity index (χ2n) is 5.17. The molecule has 0 aliphatic carbocycles. The summed E-state index contributed by atoms with van der Waals surface area (Å²) in [4.78, 5) is 26.2. The van der Waals surface area contributed by atoms with Gasteiger partial charge in [0.1, 0.15) is 0 Å². The number of carbonyl (C=O) groups is 2. The number of hydrogen-bond acceptors (Lipinski definition) is 3. The molecule has 8 heteroatoms. The average Bonchev–Trinajstić information content (AvgIpc) is 2.80. The molecule has 1 aliphatic heterocycles. The predicted molar refractivity (Wildman–Crippen MR) is 104 cm³/mol. The maximum Gasteiger partial charge on any atom is 0.293 e. The Balaban J connectivity index is 1.86. The molecule has 0 atom stereocenters. The van der Waals surface area contributed by atoms with E-state index in [1.807, 2.05) is 0 Å². The lowest BCUT2D eigenvalue weighted by atomic mass is 10.2. The maximum atomic E-state index is 12.6. The van der Waals surface area contributed by atoms with Crippen LogP contribution in [0.15, 0.2) is 41.3 Å². The molecule has 0 bridgehead atoms. The average molecular weight is 433 g/mol. The van der Waals surface area contributed by atoms with Crippen LogP contribution in [0.3, 0.4) is 0 Å². The van der Waals surface area contributed by atoms with Crippen molar-refractivity contribution in [3.05, 3.63) is 72.5 Å². The Morgan fingerprint density at radius 2 is 1.56 bits per heavy atom. The van der Waals surface area contributed by atoms with Crippen molar-refractivity contribution in [1.29, 1.82) is 0 Å². The van der Waals surface area contributed by atoms with E-state index in [-0.39, 0.29) is 11.8 Å². The van der Waals surface area contributed by atoms with Crippen LogP contribution in [0.4, 0.5) is 4.79 Å². The Morgan fingerprint density at radius 1 is 0.920 bits per heavy atom. The molecule has 2 aromatic rings. The molecule has 0 N–H and O–H groups in total. The van der Waals surface area contributed by atoms with E-state index in [2.05, 4.69) is 0 Å². The van der Waals surface area contributed by atoms with Crippen LogP contribution < -0.4 is 0 Å². The molecule has 25 heavy (non-hydrogen) atoms. The van der Waals surface area contributed by atoms with Crippen LogP contribution in [0.1, 0.15) is 11.1 Å². The third-order valence-electron chi connectivity index (χ3n) is 3.47. The molecular weight excluding hydrogens is 424 g/mol. The second-order valence-corrected chi connectivity index (χ2v) is 7.85. The highest BCUT2D eigenvalue weighted by atomic mass is 35.5. The lowest BCUT2D eigenvalue weighted by Crippen LogP contribution is -2.27. The highest BCUT2D eigenvalue weighted by Crippen LogP contribution is 2.35. The first kappa shape index (κ1) is 18.6. The number of rotatable bonds is 3. The fraction of sp³-hybridized carbons (Fsp3) is 0.0588. The molecule has 0 spiro atoms. The lowest BCUT2D eigenvalue weighted by molar-refractivity contribution is -0.123. The highest BCUT2D eigenvalue weighted by molar-refractivity contribution is 8.18. The third-order valence-corrected chi connectivity index (χ3v) is 5.52. The van der Waals surface area contributed by atoms with Crippen molar-refractivity contribution in [1.82, 2.24) is 4.90 Å². The van der Waals surface area contributed by atoms with Gasteiger partial charge in [0.25, 0.3) is 11.1 Å². The summed E-state index contributed by atoms with van der Waals surface area (Å²) in [7, 11) is 0. The molecule has 0 unspecified atom stereocenters. The van der Waals surface area contributed by atoms with E-state index in [1.54, 1.807) is 42.5 Å². The fourth-order valence-electron chi connectivity index (χ4n) is 2.22. The Hall–Kier alpha value is -1.17. The summed E-state index contributed by atoms with van der Waals surface area (Å²) in [6, 6.07) is 9.85. The number of nitrogens with zero attached hydrogens (tertiary/aromatic N) is 1. The van der Waals surface area contributed by atoms with Gasteiger partial charge in [-0.3, -0.25) is 14.5 Å². The van der Waals surface area contributed by atoms with Crippen molar-refractivity contribution in [2.24, 2.45) is 0 Å². The second kappa shape index (κ2) is 7.60. The van der Waals surface area contributed by atoms with Gasteiger partial charge in [0.05, 0.1) is 11.4 Å². The number of thioether (sulfide) groups is 1. The molecule has 1 heterocycles. The van der Waals surface area contributed by atoms with Gasteiger partial charge in [-0.25, -0.2) is 0 Å². The van der Waals surface area contributed by atoms with E-state index < -0.39 is 5.91 Å². The zero-order valence-corrected chi connectivity index (χ0v) is 16.3. The van der Waals surface area contributed by atoms with Gasteiger partial charge in [-0.15, -0.1) is 0 Å². The molecule has 2 amide bonds. The first-order valence-corrected chi connectivity index (χ1v) is 9.32. The zero-order valence-electron chi connectivity index (χ0n) is 12.4. The summed E-state index contributed by atoms with van der Waals surface area (Å²) in [5.74, 6) is -0.396. The largest absolute Gasteiger partial charge is 0.293 e. The molecule has 1 saturated heterocycles. The number of hydrogen-bond donors (Lipinski definition) is 0. The Labute approximate surface area is 168 Å². The minimum atomic E-state index is -0.396. The van der Waals surface area contributed by atoms with Crippen molar-refractivity contribution in [2.45, 2.75) is 6.54 Å². The molecule has 3 nitrogen and oxygen atoms in total. The lowest BCUT2D eigenvalue weighted by Gasteiger charge is -2.13. The summed E-state index contributed by atoms with van der Waals surface area (Å²) in [6.45, 7) is 0.0758. The van der Waals surface area contributed by atoms with Crippen LogP contribution in [-0.2, 0) is 11.3 Å². The van der Waals surface area contributed by atoms with Crippen LogP contribution in [0.2, 0.25) is 20.1 Å². The first-order valence-electron chi connectivity index (χ1n) is 6.99. The van der Waals surface area contributed by atoms with Gasteiger partial charge in [0.2, 0.25) is 0 Å². The van der Waals surface area contributed by atoms with Gasteiger partial charge in [0, 0.05) is 20.1 Å². The predicted octanol–water partition coefficient (Wildman–Crippen LogP) is 6.54. The topological polar surface area (TPSA) is 37.4 Å². The van der Waals surface area contributed by atoms with E-state index in [0.717, 1.165) is 16.7 Å². The number of benzene rings is 2. The standard InChI is InChI=1S/C17H9Cl4NO2S/c18-11-3-1-9(13(20)6-11)5-15-16(23)22(17(24)25-15)8-10-2-4-12(19)7-14(10)21/h1-7H,8H2/b15-5+. The fourth-order valence-corrected chi connectivity index (χ4v) is 3.98. The van der Waals surface area contributed by atoms with Crippen molar-refractivity contribution in [3.63, 3.8) is 0 Å². The molecule has 0 aromatic heterocycles. The monoisotopic (exact) mass is 431 g/mol. The third kappa shape index (κ3) is 4.15. The molecule has 128 valence electrons. The SMILES string of the molecule is O=C1S/C(=C/c2ccc(Cl)cc2Cl)C(=O)N1Cc1ccc(Cl)cc1Cl. The van der Waals surface area contributed by atoms with Gasteiger partial charge in [-0.05, 0) is 53.2 Å². The summed E-state index contributed by atoms with van der Waals surface area (Å²) in [5, 5.41) is 1.41. The van der Waals surface area contributed by atoms with E-state index in [4.69, 9.17) is 46.4 Å². The molecule has 0 saturated carbocycles. The van der Waals surface area contributed by atoms with Gasteiger partial charge in [-0.1, -0.05) is 58.5 Å². The van der Waals surface area contributed by atoms with Crippen LogP contribution >= 0.6 is 58.2 Å². The summed E-state index contributed by atoms with van der Waals surface area (Å²) in [5.41, 5.74) is 1.25. The quantitative estimate of drug-likeness (QED) is 0.517. The molecular formula is C17H9Cl4NO2S. The molecule has 0 radical (unpaired) electrons. The molecule has 3 rings (SSSR count). The van der Waals surface area contributed by atoms with Crippen LogP contribution in [-0.4, -0.2) is 16.0 Å². The van der Waals surface area contributed by atoms with Gasteiger partial charge in [-0.2, -0.15) is 0 Å². The highest BCUT2D eigenvalue weighted by Gasteiger charge is 2.35. The number of amides is 2. The smallest absolute Gasteiger partial charge is 0.268 e. The first-order chi connectivity index (χ1) is 11.8. The van der Waals surface area contributed by atoms with Gasteiger partial charge < -0.3 is 0 Å². The summed E-state index contributed by atoms with van der Waals surface area (Å²) in [6.07, 6.45) is 1.58. The van der Waals surface area contributed by atoms with E-state index >= 15 is 0 Å². The van der Waals surface area contributed by atoms with E-state index in [9.17, 15) is 9.59 Å². The Bertz CT molecular complexity index is 914. The molecule has 1 aliphatic rings. The van der Waals surface area contributed by atoms with Crippen molar-refractivity contribution >= 4 is 75.4 Å². The molecule has 1 fully saturated rings.